The average molecular weight is 320 g/mol. The monoisotopic (exact) mass is 320 g/mol. The predicted molar refractivity (Wildman–Crippen MR) is 90.9 cm³/mol. The molecular weight excluding hydrogens is 288 g/mol. The lowest BCUT2D eigenvalue weighted by Gasteiger charge is -2.31. The number of nitrogens with one attached hydrogen (secondary N) is 1. The van der Waals surface area contributed by atoms with Crippen molar-refractivity contribution in [3.63, 3.8) is 0 Å². The van der Waals surface area contributed by atoms with Crippen LogP contribution in [0.3, 0.4) is 0 Å². The number of rotatable bonds is 4. The second kappa shape index (κ2) is 7.67. The van der Waals surface area contributed by atoms with Crippen LogP contribution in [0.2, 0.25) is 0 Å². The van der Waals surface area contributed by atoms with E-state index in [9.17, 15) is 9.59 Å². The van der Waals surface area contributed by atoms with Gasteiger partial charge in [0.2, 0.25) is 11.8 Å². The van der Waals surface area contributed by atoms with Gasteiger partial charge < -0.3 is 10.2 Å². The minimum Gasteiger partial charge on any atom is -0.352 e. The molecule has 0 bridgehead atoms. The molecule has 1 aliphatic heterocycles. The van der Waals surface area contributed by atoms with Crippen molar-refractivity contribution >= 4 is 11.8 Å². The molecule has 4 nitrogen and oxygen atoms in total. The van der Waals surface area contributed by atoms with Gasteiger partial charge in [-0.3, -0.25) is 9.59 Å². The summed E-state index contributed by atoms with van der Waals surface area (Å²) >= 11 is 0. The van der Waals surface area contributed by atoms with E-state index in [1.54, 1.807) is 0 Å². The molecule has 0 spiro atoms. The van der Waals surface area contributed by atoms with Gasteiger partial charge in [0.1, 0.15) is 6.04 Å². The highest BCUT2D eigenvalue weighted by Crippen LogP contribution is 2.33. The molecule has 2 aliphatic carbocycles. The molecule has 0 aromatic carbocycles. The molecule has 1 heterocycles. The first-order valence-corrected chi connectivity index (χ1v) is 9.77. The Bertz CT molecular complexity index is 425. The molecular formula is C19H32N2O2. The number of carbonyl (C=O) groups excluding carboxylic acids is 2. The molecule has 0 aromatic heterocycles. The third-order valence-corrected chi connectivity index (χ3v) is 6.29. The molecule has 2 atom stereocenters. The first-order valence-electron chi connectivity index (χ1n) is 9.77. The Morgan fingerprint density at radius 3 is 2.26 bits per heavy atom. The van der Waals surface area contributed by atoms with Crippen LogP contribution in [0.15, 0.2) is 0 Å². The second-order valence-corrected chi connectivity index (χ2v) is 7.87. The Morgan fingerprint density at radius 2 is 1.57 bits per heavy atom. The van der Waals surface area contributed by atoms with E-state index in [4.69, 9.17) is 0 Å². The Hall–Kier alpha value is -1.06. The van der Waals surface area contributed by atoms with E-state index >= 15 is 0 Å². The van der Waals surface area contributed by atoms with Gasteiger partial charge in [-0.15, -0.1) is 0 Å². The number of hydrogen-bond acceptors (Lipinski definition) is 2. The van der Waals surface area contributed by atoms with E-state index in [1.807, 2.05) is 4.90 Å². The van der Waals surface area contributed by atoms with Gasteiger partial charge >= 0.3 is 0 Å². The van der Waals surface area contributed by atoms with E-state index in [2.05, 4.69) is 12.2 Å². The third-order valence-electron chi connectivity index (χ3n) is 6.29. The molecule has 130 valence electrons. The van der Waals surface area contributed by atoms with Crippen molar-refractivity contribution < 1.29 is 9.59 Å². The lowest BCUT2D eigenvalue weighted by Crippen LogP contribution is -2.50. The highest BCUT2D eigenvalue weighted by atomic mass is 16.2. The smallest absolute Gasteiger partial charge is 0.243 e. The van der Waals surface area contributed by atoms with Gasteiger partial charge in [0.15, 0.2) is 0 Å². The van der Waals surface area contributed by atoms with Crippen LogP contribution in [0.4, 0.5) is 0 Å². The molecule has 1 unspecified atom stereocenters. The standard InChI is InChI=1S/C19H32N2O2/c1-14(15-8-5-6-9-15)19(23)21-13-7-12-17(21)18(22)20-16-10-3-2-4-11-16/h14-17H,2-13H2,1H3,(H,20,22)/t14?,17-/m1/s1. The van der Waals surface area contributed by atoms with Crippen LogP contribution < -0.4 is 5.32 Å². The van der Waals surface area contributed by atoms with Gasteiger partial charge in [-0.2, -0.15) is 0 Å². The molecule has 23 heavy (non-hydrogen) atoms. The summed E-state index contributed by atoms with van der Waals surface area (Å²) in [6.07, 6.45) is 12.6. The van der Waals surface area contributed by atoms with Gasteiger partial charge in [0, 0.05) is 18.5 Å². The van der Waals surface area contributed by atoms with Crippen molar-refractivity contribution in [2.24, 2.45) is 11.8 Å². The van der Waals surface area contributed by atoms with E-state index in [-0.39, 0.29) is 23.8 Å². The second-order valence-electron chi connectivity index (χ2n) is 7.87. The van der Waals surface area contributed by atoms with Crippen LogP contribution in [0.1, 0.15) is 77.6 Å². The largest absolute Gasteiger partial charge is 0.352 e. The zero-order valence-corrected chi connectivity index (χ0v) is 14.6. The van der Waals surface area contributed by atoms with Crippen molar-refractivity contribution in [3.05, 3.63) is 0 Å². The van der Waals surface area contributed by atoms with Gasteiger partial charge in [-0.05, 0) is 44.4 Å². The quantitative estimate of drug-likeness (QED) is 0.864. The average Bonchev–Trinajstić information content (AvgIpc) is 3.25. The Morgan fingerprint density at radius 1 is 0.913 bits per heavy atom. The van der Waals surface area contributed by atoms with Gasteiger partial charge in [0.05, 0.1) is 0 Å². The lowest BCUT2D eigenvalue weighted by atomic mass is 9.91. The molecule has 2 saturated carbocycles. The van der Waals surface area contributed by atoms with Crippen molar-refractivity contribution in [1.29, 1.82) is 0 Å². The fourth-order valence-electron chi connectivity index (χ4n) is 4.77. The SMILES string of the molecule is CC(C(=O)N1CCC[C@@H]1C(=O)NC1CCCCC1)C1CCCC1. The minimum atomic E-state index is -0.215. The molecule has 2 amide bonds. The van der Waals surface area contributed by atoms with Crippen LogP contribution in [-0.4, -0.2) is 35.3 Å². The van der Waals surface area contributed by atoms with Gasteiger partial charge in [0.25, 0.3) is 0 Å². The molecule has 4 heteroatoms. The predicted octanol–water partition coefficient (Wildman–Crippen LogP) is 3.25. The van der Waals surface area contributed by atoms with E-state index in [0.717, 1.165) is 32.2 Å². The van der Waals surface area contributed by atoms with Crippen molar-refractivity contribution in [2.75, 3.05) is 6.54 Å². The topological polar surface area (TPSA) is 49.4 Å². The summed E-state index contributed by atoms with van der Waals surface area (Å²) in [6, 6.07) is 0.120. The van der Waals surface area contributed by atoms with Crippen molar-refractivity contribution in [3.8, 4) is 0 Å². The summed E-state index contributed by atoms with van der Waals surface area (Å²) in [5, 5.41) is 3.22. The van der Waals surface area contributed by atoms with Crippen LogP contribution in [0.25, 0.3) is 0 Å². The number of nitrogens with zero attached hydrogens (tertiary/aromatic N) is 1. The molecule has 3 rings (SSSR count). The fraction of sp³-hybridized carbons (Fsp3) is 0.895. The minimum absolute atomic E-state index is 0.0839. The van der Waals surface area contributed by atoms with Crippen LogP contribution >= 0.6 is 0 Å². The number of carbonyl (C=O) groups is 2. The number of amides is 2. The summed E-state index contributed by atoms with van der Waals surface area (Å²) < 4.78 is 0. The van der Waals surface area contributed by atoms with Crippen LogP contribution in [-0.2, 0) is 9.59 Å². The maximum absolute atomic E-state index is 12.9. The lowest BCUT2D eigenvalue weighted by molar-refractivity contribution is -0.142. The summed E-state index contributed by atoms with van der Waals surface area (Å²) in [7, 11) is 0. The summed E-state index contributed by atoms with van der Waals surface area (Å²) in [4.78, 5) is 27.4. The van der Waals surface area contributed by atoms with E-state index in [1.165, 1.54) is 44.9 Å². The first-order chi connectivity index (χ1) is 11.2. The summed E-state index contributed by atoms with van der Waals surface area (Å²) in [6.45, 7) is 2.84. The van der Waals surface area contributed by atoms with Crippen LogP contribution in [0.5, 0.6) is 0 Å². The Labute approximate surface area is 140 Å². The van der Waals surface area contributed by atoms with Gasteiger partial charge in [-0.1, -0.05) is 39.0 Å². The number of hydrogen-bond donors (Lipinski definition) is 1. The van der Waals surface area contributed by atoms with Crippen LogP contribution in [0, 0.1) is 11.8 Å². The summed E-state index contributed by atoms with van der Waals surface area (Å²) in [5.74, 6) is 0.935. The number of likely N-dealkylation sites (tertiary alicyclic amines) is 1. The molecule has 0 aromatic rings. The Balaban J connectivity index is 1.57. The van der Waals surface area contributed by atoms with E-state index < -0.39 is 0 Å². The van der Waals surface area contributed by atoms with Crippen molar-refractivity contribution in [2.45, 2.75) is 89.6 Å². The zero-order valence-electron chi connectivity index (χ0n) is 14.6. The van der Waals surface area contributed by atoms with Crippen molar-refractivity contribution in [1.82, 2.24) is 10.2 Å². The van der Waals surface area contributed by atoms with E-state index in [0.29, 0.717) is 12.0 Å². The maximum Gasteiger partial charge on any atom is 0.243 e. The fourth-order valence-corrected chi connectivity index (χ4v) is 4.77. The molecule has 0 radical (unpaired) electrons. The molecule has 1 saturated heterocycles. The highest BCUT2D eigenvalue weighted by molar-refractivity contribution is 5.89. The molecule has 3 fully saturated rings. The van der Waals surface area contributed by atoms with Gasteiger partial charge in [-0.25, -0.2) is 0 Å². The third kappa shape index (κ3) is 3.89. The maximum atomic E-state index is 12.9. The molecule has 1 N–H and O–H groups in total. The summed E-state index contributed by atoms with van der Waals surface area (Å²) in [5.41, 5.74) is 0. The first kappa shape index (κ1) is 16.8. The highest BCUT2D eigenvalue weighted by Gasteiger charge is 2.38. The zero-order chi connectivity index (χ0) is 16.2. The molecule has 3 aliphatic rings. The Kier molecular flexibility index (Phi) is 5.60. The normalized spacial score (nSPS) is 28.0.